The van der Waals surface area contributed by atoms with Crippen molar-refractivity contribution in [2.24, 2.45) is 4.99 Å². The zero-order valence-corrected chi connectivity index (χ0v) is 11.3. The largest absolute Gasteiger partial charge is 0.494 e. The molecule has 1 heterocycles. The van der Waals surface area contributed by atoms with Crippen molar-refractivity contribution in [2.45, 2.75) is 13.5 Å². The Morgan fingerprint density at radius 1 is 1.05 bits per heavy atom. The Hall–Kier alpha value is -2.55. The molecule has 0 radical (unpaired) electrons. The summed E-state index contributed by atoms with van der Waals surface area (Å²) in [6.45, 7) is 2.55. The highest BCUT2D eigenvalue weighted by atomic mass is 16.3. The summed E-state index contributed by atoms with van der Waals surface area (Å²) in [5.74, 6) is 0.181. The van der Waals surface area contributed by atoms with E-state index in [1.807, 2.05) is 61.5 Å². The number of hydrogen-bond acceptors (Lipinski definition) is 2. The SMILES string of the molecule is CC(=NCc1ccccc1)c1c(O)[nH]c2ccccc12. The van der Waals surface area contributed by atoms with Gasteiger partial charge in [0.05, 0.1) is 12.1 Å². The van der Waals surface area contributed by atoms with E-state index in [0.717, 1.165) is 27.7 Å². The van der Waals surface area contributed by atoms with E-state index < -0.39 is 0 Å². The molecule has 0 saturated heterocycles. The van der Waals surface area contributed by atoms with Crippen molar-refractivity contribution in [3.05, 3.63) is 65.7 Å². The summed E-state index contributed by atoms with van der Waals surface area (Å²) < 4.78 is 0. The molecular formula is C17H16N2O. The fourth-order valence-corrected chi connectivity index (χ4v) is 2.37. The Kier molecular flexibility index (Phi) is 3.25. The lowest BCUT2D eigenvalue weighted by Crippen LogP contribution is -1.95. The number of aromatic nitrogens is 1. The monoisotopic (exact) mass is 264 g/mol. The maximum atomic E-state index is 10.1. The van der Waals surface area contributed by atoms with Crippen LogP contribution in [0.5, 0.6) is 5.88 Å². The number of H-pyrrole nitrogens is 1. The summed E-state index contributed by atoms with van der Waals surface area (Å²) in [5.41, 5.74) is 3.71. The molecule has 0 unspecified atom stereocenters. The smallest absolute Gasteiger partial charge is 0.198 e. The molecule has 100 valence electrons. The van der Waals surface area contributed by atoms with Crippen LogP contribution in [0.4, 0.5) is 0 Å². The van der Waals surface area contributed by atoms with Gasteiger partial charge < -0.3 is 10.1 Å². The van der Waals surface area contributed by atoms with Crippen molar-refractivity contribution in [1.82, 2.24) is 4.98 Å². The second-order valence-corrected chi connectivity index (χ2v) is 4.78. The third kappa shape index (κ3) is 2.30. The minimum atomic E-state index is 0.181. The molecule has 0 fully saturated rings. The predicted molar refractivity (Wildman–Crippen MR) is 82.3 cm³/mol. The van der Waals surface area contributed by atoms with E-state index in [2.05, 4.69) is 9.98 Å². The molecule has 3 heteroatoms. The van der Waals surface area contributed by atoms with Crippen LogP contribution in [0, 0.1) is 0 Å². The molecule has 0 spiro atoms. The summed E-state index contributed by atoms with van der Waals surface area (Å²) >= 11 is 0. The molecule has 2 N–H and O–H groups in total. The van der Waals surface area contributed by atoms with Crippen molar-refractivity contribution >= 4 is 16.6 Å². The lowest BCUT2D eigenvalue weighted by molar-refractivity contribution is 0.457. The van der Waals surface area contributed by atoms with E-state index in [1.54, 1.807) is 0 Å². The minimum Gasteiger partial charge on any atom is -0.494 e. The standard InChI is InChI=1S/C17H16N2O/c1-12(18-11-13-7-3-2-4-8-13)16-14-9-5-6-10-15(14)19-17(16)20/h2-10,19-20H,11H2,1H3. The molecule has 0 aliphatic heterocycles. The van der Waals surface area contributed by atoms with Crippen molar-refractivity contribution < 1.29 is 5.11 Å². The first-order chi connectivity index (χ1) is 9.75. The third-order valence-electron chi connectivity index (χ3n) is 3.39. The maximum absolute atomic E-state index is 10.1. The highest BCUT2D eigenvalue weighted by Gasteiger charge is 2.12. The van der Waals surface area contributed by atoms with E-state index >= 15 is 0 Å². The molecule has 2 aromatic carbocycles. The lowest BCUT2D eigenvalue weighted by Gasteiger charge is -2.01. The number of fused-ring (bicyclic) bond motifs is 1. The topological polar surface area (TPSA) is 48.4 Å². The molecule has 1 aromatic heterocycles. The molecule has 3 nitrogen and oxygen atoms in total. The molecule has 20 heavy (non-hydrogen) atoms. The van der Waals surface area contributed by atoms with Crippen molar-refractivity contribution in [1.29, 1.82) is 0 Å². The van der Waals surface area contributed by atoms with Gasteiger partial charge in [0, 0.05) is 16.6 Å². The second kappa shape index (κ2) is 5.21. The molecule has 3 aromatic rings. The lowest BCUT2D eigenvalue weighted by atomic mass is 10.1. The van der Waals surface area contributed by atoms with Crippen LogP contribution >= 0.6 is 0 Å². The van der Waals surface area contributed by atoms with E-state index in [4.69, 9.17) is 0 Å². The average Bonchev–Trinajstić information content (AvgIpc) is 2.82. The quantitative estimate of drug-likeness (QED) is 0.693. The highest BCUT2D eigenvalue weighted by Crippen LogP contribution is 2.27. The van der Waals surface area contributed by atoms with E-state index in [-0.39, 0.29) is 5.88 Å². The van der Waals surface area contributed by atoms with Crippen molar-refractivity contribution in [3.63, 3.8) is 0 Å². The Balaban J connectivity index is 1.96. The summed E-state index contributed by atoms with van der Waals surface area (Å²) in [4.78, 5) is 7.57. The van der Waals surface area contributed by atoms with Gasteiger partial charge in [-0.1, -0.05) is 48.5 Å². The van der Waals surface area contributed by atoms with Crippen molar-refractivity contribution in [3.8, 4) is 5.88 Å². The summed E-state index contributed by atoms with van der Waals surface area (Å²) in [6.07, 6.45) is 0. The Morgan fingerprint density at radius 2 is 1.75 bits per heavy atom. The first-order valence-corrected chi connectivity index (χ1v) is 6.61. The van der Waals surface area contributed by atoms with Crippen molar-refractivity contribution in [2.75, 3.05) is 0 Å². The van der Waals surface area contributed by atoms with Crippen LogP contribution in [0.2, 0.25) is 0 Å². The van der Waals surface area contributed by atoms with Gasteiger partial charge in [0.2, 0.25) is 0 Å². The van der Waals surface area contributed by atoms with E-state index in [9.17, 15) is 5.11 Å². The normalized spacial score (nSPS) is 11.9. The molecule has 0 atom stereocenters. The van der Waals surface area contributed by atoms with Crippen LogP contribution in [-0.2, 0) is 6.54 Å². The highest BCUT2D eigenvalue weighted by molar-refractivity contribution is 6.11. The number of aromatic amines is 1. The number of para-hydroxylation sites is 1. The molecule has 0 saturated carbocycles. The predicted octanol–water partition coefficient (Wildman–Crippen LogP) is 3.88. The van der Waals surface area contributed by atoms with Gasteiger partial charge in [-0.15, -0.1) is 0 Å². The second-order valence-electron chi connectivity index (χ2n) is 4.78. The average molecular weight is 264 g/mol. The zero-order valence-electron chi connectivity index (χ0n) is 11.3. The Morgan fingerprint density at radius 3 is 2.55 bits per heavy atom. The van der Waals surface area contributed by atoms with Crippen LogP contribution in [0.25, 0.3) is 10.9 Å². The first kappa shape index (κ1) is 12.5. The van der Waals surface area contributed by atoms with Crippen LogP contribution in [0.1, 0.15) is 18.1 Å². The van der Waals surface area contributed by atoms with Gasteiger partial charge in [-0.05, 0) is 18.6 Å². The van der Waals surface area contributed by atoms with Gasteiger partial charge in [0.15, 0.2) is 5.88 Å². The van der Waals surface area contributed by atoms with Gasteiger partial charge in [-0.2, -0.15) is 0 Å². The number of nitrogens with zero attached hydrogens (tertiary/aromatic N) is 1. The first-order valence-electron chi connectivity index (χ1n) is 6.61. The number of aromatic hydroxyl groups is 1. The molecule has 0 bridgehead atoms. The summed E-state index contributed by atoms with van der Waals surface area (Å²) in [5, 5.41) is 11.1. The number of aliphatic imine (C=N–C) groups is 1. The zero-order chi connectivity index (χ0) is 13.9. The van der Waals surface area contributed by atoms with Gasteiger partial charge in [-0.25, -0.2) is 0 Å². The summed E-state index contributed by atoms with van der Waals surface area (Å²) in [6, 6.07) is 17.9. The maximum Gasteiger partial charge on any atom is 0.198 e. The number of nitrogens with one attached hydrogen (secondary N) is 1. The number of hydrogen-bond donors (Lipinski definition) is 2. The van der Waals surface area contributed by atoms with Crippen LogP contribution in [0.15, 0.2) is 59.6 Å². The summed E-state index contributed by atoms with van der Waals surface area (Å²) in [7, 11) is 0. The molecule has 3 rings (SSSR count). The molecular weight excluding hydrogens is 248 g/mol. The van der Waals surface area contributed by atoms with Gasteiger partial charge in [0.25, 0.3) is 0 Å². The van der Waals surface area contributed by atoms with Crippen LogP contribution in [-0.4, -0.2) is 15.8 Å². The minimum absolute atomic E-state index is 0.181. The Bertz CT molecular complexity index is 757. The fraction of sp³-hybridized carbons (Fsp3) is 0.118. The molecule has 0 aliphatic rings. The number of benzene rings is 2. The van der Waals surface area contributed by atoms with E-state index in [1.165, 1.54) is 0 Å². The van der Waals surface area contributed by atoms with Gasteiger partial charge in [-0.3, -0.25) is 4.99 Å². The van der Waals surface area contributed by atoms with Crippen LogP contribution in [0.3, 0.4) is 0 Å². The molecule has 0 aliphatic carbocycles. The Labute approximate surface area is 117 Å². The third-order valence-corrected chi connectivity index (χ3v) is 3.39. The van der Waals surface area contributed by atoms with E-state index in [0.29, 0.717) is 6.54 Å². The molecule has 0 amide bonds. The van der Waals surface area contributed by atoms with Gasteiger partial charge in [0.1, 0.15) is 0 Å². The number of rotatable bonds is 3. The van der Waals surface area contributed by atoms with Crippen LogP contribution < -0.4 is 0 Å². The van der Waals surface area contributed by atoms with Gasteiger partial charge >= 0.3 is 0 Å². The fourth-order valence-electron chi connectivity index (χ4n) is 2.37.